The van der Waals surface area contributed by atoms with Crippen molar-refractivity contribution in [3.05, 3.63) is 24.2 Å². The minimum absolute atomic E-state index is 0.620. The Balaban J connectivity index is 2.86. The molecule has 2 aromatic heterocycles. The van der Waals surface area contributed by atoms with Crippen LogP contribution in [0.3, 0.4) is 0 Å². The van der Waals surface area contributed by atoms with E-state index in [4.69, 9.17) is 0 Å². The van der Waals surface area contributed by atoms with Crippen molar-refractivity contribution in [1.82, 2.24) is 15.2 Å². The topological polar surface area (TPSA) is 58.6 Å². The first-order valence-corrected chi connectivity index (χ1v) is 3.15. The number of hydrogen-bond donors (Lipinski definition) is 1. The molecule has 0 fully saturated rings. The third-order valence-electron chi connectivity index (χ3n) is 1.55. The van der Waals surface area contributed by atoms with Gasteiger partial charge in [0.15, 0.2) is 6.29 Å². The number of carbonyl (C=O) groups excluding carboxylic acids is 1. The Labute approximate surface area is 62.3 Å². The minimum Gasteiger partial charge on any atom is -0.359 e. The second-order valence-corrected chi connectivity index (χ2v) is 2.18. The molecule has 0 saturated heterocycles. The number of rotatable bonds is 1. The third-order valence-corrected chi connectivity index (χ3v) is 1.55. The first-order valence-electron chi connectivity index (χ1n) is 3.15. The van der Waals surface area contributed by atoms with E-state index in [0.29, 0.717) is 5.56 Å². The average Bonchev–Trinajstić information content (AvgIpc) is 2.47. The van der Waals surface area contributed by atoms with E-state index < -0.39 is 0 Å². The number of carbonyl (C=O) groups is 1. The Morgan fingerprint density at radius 3 is 3.00 bits per heavy atom. The molecular weight excluding hydrogens is 142 g/mol. The third kappa shape index (κ3) is 0.797. The van der Waals surface area contributed by atoms with E-state index >= 15 is 0 Å². The van der Waals surface area contributed by atoms with Crippen molar-refractivity contribution in [3.63, 3.8) is 0 Å². The monoisotopic (exact) mass is 147 g/mol. The lowest BCUT2D eigenvalue weighted by molar-refractivity contribution is 0.112. The number of H-pyrrole nitrogens is 1. The van der Waals surface area contributed by atoms with Gasteiger partial charge < -0.3 is 4.98 Å². The van der Waals surface area contributed by atoms with Gasteiger partial charge in [0.1, 0.15) is 0 Å². The Morgan fingerprint density at radius 1 is 1.36 bits per heavy atom. The summed E-state index contributed by atoms with van der Waals surface area (Å²) < 4.78 is 0. The Morgan fingerprint density at radius 2 is 2.18 bits per heavy atom. The maximum Gasteiger partial charge on any atom is 0.152 e. The number of hydrogen-bond acceptors (Lipinski definition) is 3. The summed E-state index contributed by atoms with van der Waals surface area (Å²) in [6.07, 6.45) is 5.58. The summed E-state index contributed by atoms with van der Waals surface area (Å²) in [5.41, 5.74) is 1.46. The summed E-state index contributed by atoms with van der Waals surface area (Å²) in [4.78, 5) is 13.3. The van der Waals surface area contributed by atoms with Gasteiger partial charge in [0.25, 0.3) is 0 Å². The van der Waals surface area contributed by atoms with Gasteiger partial charge in [0.05, 0.1) is 17.9 Å². The molecule has 0 atom stereocenters. The number of fused-ring (bicyclic) bond motifs is 1. The van der Waals surface area contributed by atoms with Crippen LogP contribution >= 0.6 is 0 Å². The van der Waals surface area contributed by atoms with Crippen LogP contribution in [0, 0.1) is 0 Å². The molecule has 0 bridgehead atoms. The molecule has 0 aliphatic rings. The molecule has 2 heterocycles. The first kappa shape index (κ1) is 6.03. The first-order chi connectivity index (χ1) is 5.42. The maximum atomic E-state index is 10.4. The highest BCUT2D eigenvalue weighted by Crippen LogP contribution is 2.12. The van der Waals surface area contributed by atoms with Crippen molar-refractivity contribution in [1.29, 1.82) is 0 Å². The van der Waals surface area contributed by atoms with E-state index in [1.165, 1.54) is 0 Å². The molecule has 2 aromatic rings. The molecule has 0 aliphatic carbocycles. The molecule has 0 amide bonds. The lowest BCUT2D eigenvalue weighted by Gasteiger charge is -1.84. The fourth-order valence-corrected chi connectivity index (χ4v) is 0.997. The number of aromatic nitrogens is 3. The van der Waals surface area contributed by atoms with Gasteiger partial charge in [-0.1, -0.05) is 0 Å². The van der Waals surface area contributed by atoms with Gasteiger partial charge in [0, 0.05) is 17.1 Å². The molecule has 4 nitrogen and oxygen atoms in total. The van der Waals surface area contributed by atoms with Crippen molar-refractivity contribution < 1.29 is 4.79 Å². The van der Waals surface area contributed by atoms with E-state index in [0.717, 1.165) is 17.2 Å². The predicted molar refractivity (Wildman–Crippen MR) is 39.3 cm³/mol. The van der Waals surface area contributed by atoms with E-state index in [1.54, 1.807) is 18.6 Å². The molecule has 0 radical (unpaired) electrons. The zero-order chi connectivity index (χ0) is 7.68. The van der Waals surface area contributed by atoms with Crippen LogP contribution in [0.15, 0.2) is 18.6 Å². The van der Waals surface area contributed by atoms with Crippen LogP contribution < -0.4 is 0 Å². The maximum absolute atomic E-state index is 10.4. The van der Waals surface area contributed by atoms with Gasteiger partial charge in [-0.2, -0.15) is 10.2 Å². The van der Waals surface area contributed by atoms with Crippen molar-refractivity contribution in [2.24, 2.45) is 0 Å². The van der Waals surface area contributed by atoms with Crippen molar-refractivity contribution in [2.75, 3.05) is 0 Å². The SMILES string of the molecule is O=Cc1c[nH]c2cnncc12. The molecule has 0 spiro atoms. The molecule has 2 rings (SSSR count). The van der Waals surface area contributed by atoms with Gasteiger partial charge in [-0.3, -0.25) is 4.79 Å². The molecule has 0 unspecified atom stereocenters. The molecule has 0 aromatic carbocycles. The number of aromatic amines is 1. The number of nitrogens with zero attached hydrogens (tertiary/aromatic N) is 2. The van der Waals surface area contributed by atoms with Crippen molar-refractivity contribution in [3.8, 4) is 0 Å². The van der Waals surface area contributed by atoms with Crippen LogP contribution in [-0.2, 0) is 0 Å². The number of aldehydes is 1. The highest BCUT2D eigenvalue weighted by molar-refractivity contribution is 5.96. The van der Waals surface area contributed by atoms with Crippen molar-refractivity contribution in [2.45, 2.75) is 0 Å². The van der Waals surface area contributed by atoms with Gasteiger partial charge in [0.2, 0.25) is 0 Å². The predicted octanol–water partition coefficient (Wildman–Crippen LogP) is 0.770. The molecule has 11 heavy (non-hydrogen) atoms. The van der Waals surface area contributed by atoms with Gasteiger partial charge in [-0.25, -0.2) is 0 Å². The molecule has 0 saturated carbocycles. The second-order valence-electron chi connectivity index (χ2n) is 2.18. The van der Waals surface area contributed by atoms with Crippen LogP contribution in [0.2, 0.25) is 0 Å². The summed E-state index contributed by atoms with van der Waals surface area (Å²) >= 11 is 0. The lowest BCUT2D eigenvalue weighted by Crippen LogP contribution is -1.79. The summed E-state index contributed by atoms with van der Waals surface area (Å²) in [7, 11) is 0. The summed E-state index contributed by atoms with van der Waals surface area (Å²) in [5, 5.41) is 8.14. The Kier molecular flexibility index (Phi) is 1.18. The van der Waals surface area contributed by atoms with E-state index in [-0.39, 0.29) is 0 Å². The highest BCUT2D eigenvalue weighted by atomic mass is 16.1. The standard InChI is InChI=1S/C7H5N3O/c11-4-5-1-8-7-3-10-9-2-6(5)7/h1-4,8H. The van der Waals surface area contributed by atoms with Gasteiger partial charge in [-0.15, -0.1) is 0 Å². The molecule has 1 N–H and O–H groups in total. The summed E-state index contributed by atoms with van der Waals surface area (Å²) in [6, 6.07) is 0. The molecule has 54 valence electrons. The fourth-order valence-electron chi connectivity index (χ4n) is 0.997. The van der Waals surface area contributed by atoms with E-state index in [2.05, 4.69) is 15.2 Å². The van der Waals surface area contributed by atoms with Crippen molar-refractivity contribution >= 4 is 17.2 Å². The lowest BCUT2D eigenvalue weighted by atomic mass is 10.2. The zero-order valence-electron chi connectivity index (χ0n) is 5.61. The van der Waals surface area contributed by atoms with Crippen LogP contribution in [0.1, 0.15) is 10.4 Å². The van der Waals surface area contributed by atoms with Gasteiger partial charge >= 0.3 is 0 Å². The number of nitrogens with one attached hydrogen (secondary N) is 1. The molecule has 4 heteroatoms. The summed E-state index contributed by atoms with van der Waals surface area (Å²) in [6.45, 7) is 0. The highest BCUT2D eigenvalue weighted by Gasteiger charge is 2.00. The largest absolute Gasteiger partial charge is 0.359 e. The fraction of sp³-hybridized carbons (Fsp3) is 0. The van der Waals surface area contributed by atoms with E-state index in [1.807, 2.05) is 0 Å². The second kappa shape index (κ2) is 2.16. The van der Waals surface area contributed by atoms with E-state index in [9.17, 15) is 4.79 Å². The molecular formula is C7H5N3O. The smallest absolute Gasteiger partial charge is 0.152 e. The van der Waals surface area contributed by atoms with Crippen LogP contribution in [0.25, 0.3) is 10.9 Å². The van der Waals surface area contributed by atoms with Crippen LogP contribution in [-0.4, -0.2) is 21.5 Å². The van der Waals surface area contributed by atoms with Crippen LogP contribution in [0.4, 0.5) is 0 Å². The van der Waals surface area contributed by atoms with Crippen LogP contribution in [0.5, 0.6) is 0 Å². The zero-order valence-corrected chi connectivity index (χ0v) is 5.61. The molecule has 0 aliphatic heterocycles. The Bertz CT molecular complexity index is 393. The van der Waals surface area contributed by atoms with Gasteiger partial charge in [-0.05, 0) is 0 Å². The normalized spacial score (nSPS) is 10.2. The Hall–Kier alpha value is -1.71. The average molecular weight is 147 g/mol. The minimum atomic E-state index is 0.620. The summed E-state index contributed by atoms with van der Waals surface area (Å²) in [5.74, 6) is 0. The quantitative estimate of drug-likeness (QED) is 0.606.